The van der Waals surface area contributed by atoms with Crippen molar-refractivity contribution >= 4 is 8.58 Å². The van der Waals surface area contributed by atoms with Crippen molar-refractivity contribution < 1.29 is 26.3 Å². The highest BCUT2D eigenvalue weighted by atomic mass is 31.1. The van der Waals surface area contributed by atoms with Crippen molar-refractivity contribution in [2.45, 2.75) is 65.7 Å². The van der Waals surface area contributed by atoms with Crippen LogP contribution in [-0.4, -0.2) is 12.3 Å². The lowest BCUT2D eigenvalue weighted by atomic mass is 9.97. The summed E-state index contributed by atoms with van der Waals surface area (Å²) in [5.41, 5.74) is -1.96. The Morgan fingerprint density at radius 3 is 1.78 bits per heavy atom. The third kappa shape index (κ3) is 8.42. The van der Waals surface area contributed by atoms with Gasteiger partial charge in [0.1, 0.15) is 5.82 Å². The molecule has 0 saturated carbocycles. The van der Waals surface area contributed by atoms with E-state index in [1.807, 2.05) is 0 Å². The first kappa shape index (κ1) is 28.5. The summed E-state index contributed by atoms with van der Waals surface area (Å²) in [6.45, 7) is 6.95. The summed E-state index contributed by atoms with van der Waals surface area (Å²) in [5.74, 6) is -10.7. The van der Waals surface area contributed by atoms with Crippen LogP contribution in [0.5, 0.6) is 0 Å². The van der Waals surface area contributed by atoms with Crippen LogP contribution in [0.2, 0.25) is 0 Å². The Morgan fingerprint density at radius 2 is 1.25 bits per heavy atom. The highest BCUT2D eigenvalue weighted by molar-refractivity contribution is 7.37. The van der Waals surface area contributed by atoms with Crippen molar-refractivity contribution in [3.8, 4) is 11.1 Å². The first-order valence-corrected chi connectivity index (χ1v) is 12.7. The van der Waals surface area contributed by atoms with Gasteiger partial charge in [0.25, 0.3) is 0 Å². The summed E-state index contributed by atoms with van der Waals surface area (Å²) in [6.07, 6.45) is 13.0. The van der Waals surface area contributed by atoms with Crippen LogP contribution in [0, 0.1) is 40.8 Å². The first-order chi connectivity index (χ1) is 15.3. The predicted octanol–water partition coefficient (Wildman–Crippen LogP) is 9.26. The summed E-state index contributed by atoms with van der Waals surface area (Å²) in [5, 5.41) is 0. The van der Waals surface area contributed by atoms with E-state index < -0.39 is 46.0 Å². The highest BCUT2D eigenvalue weighted by Gasteiger charge is 2.27. The summed E-state index contributed by atoms with van der Waals surface area (Å²) in [7, 11) is 1.24. The molecule has 0 amide bonds. The zero-order valence-electron chi connectivity index (χ0n) is 19.0. The quantitative estimate of drug-likeness (QED) is 0.0993. The fourth-order valence-electron chi connectivity index (χ4n) is 3.28. The molecule has 2 atom stereocenters. The third-order valence-corrected chi connectivity index (χ3v) is 6.68. The number of hydrogen-bond acceptors (Lipinski definition) is 0. The van der Waals surface area contributed by atoms with E-state index in [0.717, 1.165) is 18.1 Å². The van der Waals surface area contributed by atoms with E-state index in [-0.39, 0.29) is 0 Å². The summed E-state index contributed by atoms with van der Waals surface area (Å²) < 4.78 is 78.8. The Hall–Kier alpha value is -1.55. The lowest BCUT2D eigenvalue weighted by Gasteiger charge is -2.13. The van der Waals surface area contributed by atoms with Crippen LogP contribution >= 0.6 is 8.58 Å². The molecule has 0 saturated heterocycles. The van der Waals surface area contributed by atoms with E-state index in [1.54, 1.807) is 0 Å². The molecule has 2 aromatic rings. The smallest absolute Gasteiger partial charge is 0.200 e. The minimum Gasteiger partial charge on any atom is -0.206 e. The van der Waals surface area contributed by atoms with Gasteiger partial charge in [-0.05, 0) is 37.1 Å². The lowest BCUT2D eigenvalue weighted by molar-refractivity contribution is 0.381. The van der Waals surface area contributed by atoms with Crippen LogP contribution < -0.4 is 0 Å². The van der Waals surface area contributed by atoms with Crippen LogP contribution in [0.3, 0.4) is 0 Å². The van der Waals surface area contributed by atoms with E-state index in [4.69, 9.17) is 0 Å². The molecular formula is C25H33F6P. The Kier molecular flexibility index (Phi) is 13.6. The maximum atomic E-state index is 13.4. The molecule has 0 spiro atoms. The topological polar surface area (TPSA) is 0 Å². The van der Waals surface area contributed by atoms with Gasteiger partial charge in [0, 0.05) is 5.56 Å². The first-order valence-electron chi connectivity index (χ1n) is 11.3. The molecule has 0 aliphatic heterocycles. The van der Waals surface area contributed by atoms with Crippen molar-refractivity contribution in [1.82, 2.24) is 0 Å². The highest BCUT2D eigenvalue weighted by Crippen LogP contribution is 2.32. The third-order valence-electron chi connectivity index (χ3n) is 5.33. The molecule has 0 heterocycles. The fourth-order valence-corrected chi connectivity index (χ4v) is 4.75. The monoisotopic (exact) mass is 478 g/mol. The summed E-state index contributed by atoms with van der Waals surface area (Å²) in [4.78, 5) is 0. The molecule has 0 bridgehead atoms. The van der Waals surface area contributed by atoms with Crippen molar-refractivity contribution in [1.29, 1.82) is 0 Å². The number of halogens is 6. The van der Waals surface area contributed by atoms with Crippen molar-refractivity contribution in [2.75, 3.05) is 12.3 Å². The zero-order valence-corrected chi connectivity index (χ0v) is 20.0. The van der Waals surface area contributed by atoms with Gasteiger partial charge in [-0.3, -0.25) is 0 Å². The van der Waals surface area contributed by atoms with Gasteiger partial charge in [0.2, 0.25) is 5.82 Å². The molecule has 7 heteroatoms. The molecule has 0 aliphatic rings. The van der Waals surface area contributed by atoms with Crippen molar-refractivity contribution in [2.24, 2.45) is 5.92 Å². The average molecular weight is 479 g/mol. The van der Waals surface area contributed by atoms with Crippen molar-refractivity contribution in [3.63, 3.8) is 0 Å². The molecular weight excluding hydrogens is 445 g/mol. The van der Waals surface area contributed by atoms with Gasteiger partial charge in [0.05, 0.1) is 5.56 Å². The van der Waals surface area contributed by atoms with Crippen molar-refractivity contribution in [3.05, 3.63) is 59.2 Å². The van der Waals surface area contributed by atoms with Gasteiger partial charge in [-0.1, -0.05) is 71.1 Å². The minimum absolute atomic E-state index is 0.690. The van der Waals surface area contributed by atoms with Crippen LogP contribution in [0.25, 0.3) is 11.1 Å². The second-order valence-electron chi connectivity index (χ2n) is 7.73. The fraction of sp³-hybridized carbons (Fsp3) is 0.520. The normalized spacial score (nSPS) is 12.2. The number of benzene rings is 2. The van der Waals surface area contributed by atoms with Gasteiger partial charge in [-0.25, -0.2) is 26.3 Å². The van der Waals surface area contributed by atoms with E-state index in [0.29, 0.717) is 0 Å². The standard InChI is InChI=1S/C13H29P.C12H4F6/c1-4-7-9-13(6-3)10-12-14-11-8-5-2;13-6-4-2-1-3-5(6)7-8(14)10(16)12(18)11(17)9(7)15/h13-14H,4-12H2,1-3H3;1-4H. The summed E-state index contributed by atoms with van der Waals surface area (Å²) >= 11 is 0. The molecule has 180 valence electrons. The minimum atomic E-state index is -2.27. The molecule has 0 aromatic heterocycles. The molecule has 2 unspecified atom stereocenters. The maximum absolute atomic E-state index is 13.4. The molecule has 0 nitrogen and oxygen atoms in total. The Balaban J connectivity index is 0.000000333. The van der Waals surface area contributed by atoms with Gasteiger partial charge in [-0.15, -0.1) is 8.58 Å². The zero-order chi connectivity index (χ0) is 24.1. The predicted molar refractivity (Wildman–Crippen MR) is 123 cm³/mol. The molecule has 2 rings (SSSR count). The van der Waals surface area contributed by atoms with E-state index in [2.05, 4.69) is 20.8 Å². The molecule has 0 aliphatic carbocycles. The number of rotatable bonds is 11. The molecule has 0 N–H and O–H groups in total. The molecule has 2 aromatic carbocycles. The molecule has 0 fully saturated rings. The van der Waals surface area contributed by atoms with Gasteiger partial charge in [0.15, 0.2) is 23.3 Å². The average Bonchev–Trinajstić information content (AvgIpc) is 2.80. The number of unbranched alkanes of at least 4 members (excludes halogenated alkanes) is 2. The Labute approximate surface area is 189 Å². The van der Waals surface area contributed by atoms with Crippen LogP contribution in [-0.2, 0) is 0 Å². The SMILES string of the molecule is CCCCPCCC(CC)CCCC.Fc1ccccc1-c1c(F)c(F)c(F)c(F)c1F. The second kappa shape index (κ2) is 15.3. The Morgan fingerprint density at radius 1 is 0.688 bits per heavy atom. The summed E-state index contributed by atoms with van der Waals surface area (Å²) in [6, 6.07) is 4.22. The number of hydrogen-bond donors (Lipinski definition) is 0. The van der Waals surface area contributed by atoms with Crippen LogP contribution in [0.15, 0.2) is 24.3 Å². The van der Waals surface area contributed by atoms with E-state index in [1.165, 1.54) is 78.0 Å². The Bertz CT molecular complexity index is 795. The van der Waals surface area contributed by atoms with Gasteiger partial charge >= 0.3 is 0 Å². The van der Waals surface area contributed by atoms with Gasteiger partial charge in [-0.2, -0.15) is 0 Å². The van der Waals surface area contributed by atoms with Crippen LogP contribution in [0.4, 0.5) is 26.3 Å². The maximum Gasteiger partial charge on any atom is 0.200 e. The lowest BCUT2D eigenvalue weighted by Crippen LogP contribution is -2.04. The van der Waals surface area contributed by atoms with Gasteiger partial charge < -0.3 is 0 Å². The largest absolute Gasteiger partial charge is 0.206 e. The molecule has 0 radical (unpaired) electrons. The van der Waals surface area contributed by atoms with Crippen LogP contribution in [0.1, 0.15) is 65.7 Å². The van der Waals surface area contributed by atoms with E-state index in [9.17, 15) is 26.3 Å². The van der Waals surface area contributed by atoms with E-state index >= 15 is 0 Å². The molecule has 32 heavy (non-hydrogen) atoms. The second-order valence-corrected chi connectivity index (χ2v) is 9.23.